The van der Waals surface area contributed by atoms with Gasteiger partial charge in [0.15, 0.2) is 0 Å². The molecule has 0 fully saturated rings. The first kappa shape index (κ1) is 17.8. The lowest BCUT2D eigenvalue weighted by molar-refractivity contribution is 0.119. The zero-order valence-electron chi connectivity index (χ0n) is 12.4. The van der Waals surface area contributed by atoms with E-state index in [-0.39, 0.29) is 25.4 Å². The standard InChI is InChI=1S/C13H21FN2O4S/c1-10(9-20-3)16(6-7-19-2)21(17,18)13-8-11(15)4-5-12(13)14/h4-5,8,10H,6-7,9,15H2,1-3H3. The molecule has 0 aliphatic heterocycles. The molecule has 0 radical (unpaired) electrons. The minimum absolute atomic E-state index is 0.0948. The lowest BCUT2D eigenvalue weighted by Gasteiger charge is -2.28. The van der Waals surface area contributed by atoms with Crippen molar-refractivity contribution in [3.05, 3.63) is 24.0 Å². The fourth-order valence-electron chi connectivity index (χ4n) is 1.93. The highest BCUT2D eigenvalue weighted by Gasteiger charge is 2.31. The first-order valence-electron chi connectivity index (χ1n) is 6.39. The molecule has 0 bridgehead atoms. The van der Waals surface area contributed by atoms with E-state index in [1.54, 1.807) is 6.92 Å². The number of benzene rings is 1. The molecule has 1 aromatic rings. The number of methoxy groups -OCH3 is 2. The van der Waals surface area contributed by atoms with Crippen LogP contribution < -0.4 is 5.73 Å². The molecule has 1 atom stereocenters. The second kappa shape index (κ2) is 7.69. The van der Waals surface area contributed by atoms with Gasteiger partial charge in [0.25, 0.3) is 0 Å². The van der Waals surface area contributed by atoms with Crippen LogP contribution >= 0.6 is 0 Å². The third kappa shape index (κ3) is 4.37. The van der Waals surface area contributed by atoms with Gasteiger partial charge in [0.2, 0.25) is 10.0 Å². The van der Waals surface area contributed by atoms with E-state index >= 15 is 0 Å². The fourth-order valence-corrected chi connectivity index (χ4v) is 3.63. The molecular formula is C13H21FN2O4S. The summed E-state index contributed by atoms with van der Waals surface area (Å²) in [6, 6.07) is 3.00. The maximum Gasteiger partial charge on any atom is 0.246 e. The van der Waals surface area contributed by atoms with Gasteiger partial charge in [-0.3, -0.25) is 0 Å². The van der Waals surface area contributed by atoms with Crippen LogP contribution in [0.1, 0.15) is 6.92 Å². The van der Waals surface area contributed by atoms with Crippen LogP contribution in [-0.2, 0) is 19.5 Å². The van der Waals surface area contributed by atoms with Crippen LogP contribution in [0, 0.1) is 5.82 Å². The van der Waals surface area contributed by atoms with Crippen molar-refractivity contribution in [1.29, 1.82) is 0 Å². The Morgan fingerprint density at radius 2 is 2.00 bits per heavy atom. The molecule has 0 aliphatic carbocycles. The Labute approximate surface area is 124 Å². The average Bonchev–Trinajstić information content (AvgIpc) is 2.42. The molecule has 1 aromatic carbocycles. The molecule has 0 amide bonds. The van der Waals surface area contributed by atoms with E-state index in [1.165, 1.54) is 20.3 Å². The largest absolute Gasteiger partial charge is 0.399 e. The Balaban J connectivity index is 3.22. The van der Waals surface area contributed by atoms with Crippen LogP contribution in [0.15, 0.2) is 23.1 Å². The van der Waals surface area contributed by atoms with E-state index < -0.39 is 26.8 Å². The van der Waals surface area contributed by atoms with Gasteiger partial charge in [-0.1, -0.05) is 0 Å². The molecule has 1 rings (SSSR count). The molecular weight excluding hydrogens is 299 g/mol. The van der Waals surface area contributed by atoms with Crippen LogP contribution in [0.5, 0.6) is 0 Å². The number of sulfonamides is 1. The highest BCUT2D eigenvalue weighted by molar-refractivity contribution is 7.89. The van der Waals surface area contributed by atoms with E-state index in [2.05, 4.69) is 0 Å². The number of ether oxygens (including phenoxy) is 2. The van der Waals surface area contributed by atoms with Crippen LogP contribution in [0.25, 0.3) is 0 Å². The normalized spacial score (nSPS) is 13.6. The summed E-state index contributed by atoms with van der Waals surface area (Å²) in [5, 5.41) is 0. The van der Waals surface area contributed by atoms with Crippen molar-refractivity contribution in [3.63, 3.8) is 0 Å². The van der Waals surface area contributed by atoms with Gasteiger partial charge >= 0.3 is 0 Å². The van der Waals surface area contributed by atoms with Gasteiger partial charge in [0, 0.05) is 32.5 Å². The van der Waals surface area contributed by atoms with Crippen molar-refractivity contribution in [1.82, 2.24) is 4.31 Å². The summed E-state index contributed by atoms with van der Waals surface area (Å²) in [6.07, 6.45) is 0. The van der Waals surface area contributed by atoms with Crippen LogP contribution in [-0.4, -0.2) is 52.7 Å². The quantitative estimate of drug-likeness (QED) is 0.725. The fraction of sp³-hybridized carbons (Fsp3) is 0.538. The summed E-state index contributed by atoms with van der Waals surface area (Å²) in [4.78, 5) is -0.443. The number of rotatable bonds is 8. The molecule has 1 unspecified atom stereocenters. The Kier molecular flexibility index (Phi) is 6.53. The number of nitrogens with two attached hydrogens (primary N) is 1. The van der Waals surface area contributed by atoms with Gasteiger partial charge in [-0.25, -0.2) is 12.8 Å². The lowest BCUT2D eigenvalue weighted by Crippen LogP contribution is -2.43. The van der Waals surface area contributed by atoms with Gasteiger partial charge in [-0.2, -0.15) is 4.31 Å². The summed E-state index contributed by atoms with van der Waals surface area (Å²) in [5.41, 5.74) is 5.74. The number of nitrogens with zero attached hydrogens (tertiary/aromatic N) is 1. The topological polar surface area (TPSA) is 81.9 Å². The first-order chi connectivity index (χ1) is 9.84. The monoisotopic (exact) mass is 320 g/mol. The van der Waals surface area contributed by atoms with Gasteiger partial charge < -0.3 is 15.2 Å². The van der Waals surface area contributed by atoms with Crippen molar-refractivity contribution < 1.29 is 22.3 Å². The van der Waals surface area contributed by atoms with Crippen molar-refractivity contribution in [3.8, 4) is 0 Å². The average molecular weight is 320 g/mol. The summed E-state index contributed by atoms with van der Waals surface area (Å²) < 4.78 is 50.2. The van der Waals surface area contributed by atoms with Crippen molar-refractivity contribution >= 4 is 15.7 Å². The molecule has 8 heteroatoms. The smallest absolute Gasteiger partial charge is 0.246 e. The van der Waals surface area contributed by atoms with Crippen LogP contribution in [0.4, 0.5) is 10.1 Å². The molecule has 0 spiro atoms. The van der Waals surface area contributed by atoms with Crippen molar-refractivity contribution in [2.75, 3.05) is 39.7 Å². The molecule has 0 aliphatic rings. The zero-order valence-corrected chi connectivity index (χ0v) is 13.2. The predicted molar refractivity (Wildman–Crippen MR) is 77.9 cm³/mol. The van der Waals surface area contributed by atoms with Crippen LogP contribution in [0.2, 0.25) is 0 Å². The number of nitrogen functional groups attached to an aromatic ring is 1. The molecule has 0 aromatic heterocycles. The van der Waals surface area contributed by atoms with E-state index in [1.807, 2.05) is 0 Å². The summed E-state index contributed by atoms with van der Waals surface area (Å²) >= 11 is 0. The Hall–Kier alpha value is -1.22. The molecule has 0 saturated carbocycles. The van der Waals surface area contributed by atoms with E-state index in [4.69, 9.17) is 15.2 Å². The van der Waals surface area contributed by atoms with E-state index in [9.17, 15) is 12.8 Å². The number of hydrogen-bond acceptors (Lipinski definition) is 5. The second-order valence-corrected chi connectivity index (χ2v) is 6.46. The molecule has 120 valence electrons. The third-order valence-corrected chi connectivity index (χ3v) is 4.99. The van der Waals surface area contributed by atoms with E-state index in [0.717, 1.165) is 16.4 Å². The van der Waals surface area contributed by atoms with Gasteiger partial charge in [0.05, 0.1) is 13.2 Å². The van der Waals surface area contributed by atoms with Crippen molar-refractivity contribution in [2.45, 2.75) is 17.9 Å². The molecule has 0 heterocycles. The molecule has 2 N–H and O–H groups in total. The molecule has 21 heavy (non-hydrogen) atoms. The Morgan fingerprint density at radius 3 is 2.57 bits per heavy atom. The van der Waals surface area contributed by atoms with Crippen molar-refractivity contribution in [2.24, 2.45) is 0 Å². The summed E-state index contributed by atoms with van der Waals surface area (Å²) in [7, 11) is -1.09. The van der Waals surface area contributed by atoms with Gasteiger partial charge in [-0.15, -0.1) is 0 Å². The second-order valence-electron chi connectivity index (χ2n) is 4.60. The maximum atomic E-state index is 13.9. The number of halogens is 1. The minimum Gasteiger partial charge on any atom is -0.399 e. The highest BCUT2D eigenvalue weighted by Crippen LogP contribution is 2.23. The summed E-state index contributed by atoms with van der Waals surface area (Å²) in [6.45, 7) is 2.16. The third-order valence-electron chi connectivity index (χ3n) is 2.96. The lowest BCUT2D eigenvalue weighted by atomic mass is 10.3. The Morgan fingerprint density at radius 1 is 1.33 bits per heavy atom. The number of hydrogen-bond donors (Lipinski definition) is 1. The predicted octanol–water partition coefficient (Wildman–Crippen LogP) is 1.08. The number of anilines is 1. The highest BCUT2D eigenvalue weighted by atomic mass is 32.2. The van der Waals surface area contributed by atoms with Gasteiger partial charge in [-0.05, 0) is 25.1 Å². The SMILES string of the molecule is COCCN(C(C)COC)S(=O)(=O)c1cc(N)ccc1F. The Bertz CT molecular complexity index is 565. The van der Waals surface area contributed by atoms with Crippen LogP contribution in [0.3, 0.4) is 0 Å². The molecule has 0 saturated heterocycles. The molecule has 6 nitrogen and oxygen atoms in total. The first-order valence-corrected chi connectivity index (χ1v) is 7.83. The van der Waals surface area contributed by atoms with E-state index in [0.29, 0.717) is 0 Å². The summed E-state index contributed by atoms with van der Waals surface area (Å²) in [5.74, 6) is -0.837. The van der Waals surface area contributed by atoms with Gasteiger partial charge in [0.1, 0.15) is 10.7 Å². The zero-order chi connectivity index (χ0) is 16.0. The maximum absolute atomic E-state index is 13.9. The minimum atomic E-state index is -4.03.